The minimum Gasteiger partial charge on any atom is -0.229 e. The normalized spacial score (nSPS) is 15.0. The quantitative estimate of drug-likeness (QED) is 0.376. The van der Waals surface area contributed by atoms with E-state index >= 15 is 0 Å². The van der Waals surface area contributed by atoms with E-state index in [1.165, 1.54) is 0 Å². The van der Waals surface area contributed by atoms with Crippen LogP contribution in [0.4, 0.5) is 0 Å². The molecule has 0 N–H and O–H groups in total. The molecule has 0 aromatic carbocycles. The fraction of sp³-hybridized carbons (Fsp3) is 1.00. The van der Waals surface area contributed by atoms with Crippen molar-refractivity contribution in [2.45, 2.75) is 51.7 Å². The fourth-order valence-corrected chi connectivity index (χ4v) is 0.726. The highest BCUT2D eigenvalue weighted by Gasteiger charge is 2.14. The molecule has 0 spiro atoms. The van der Waals surface area contributed by atoms with Crippen molar-refractivity contribution in [1.82, 2.24) is 0 Å². The molecule has 2 nitrogen and oxygen atoms in total. The van der Waals surface area contributed by atoms with Crippen LogP contribution < -0.4 is 0 Å². The Morgan fingerprint density at radius 1 is 1.36 bits per heavy atom. The highest BCUT2D eigenvalue weighted by atomic mass is 35.5. The van der Waals surface area contributed by atoms with Crippen LogP contribution in [-0.4, -0.2) is 11.2 Å². The van der Waals surface area contributed by atoms with Crippen molar-refractivity contribution in [1.29, 1.82) is 0 Å². The first-order valence-electron chi connectivity index (χ1n) is 3.94. The molecule has 0 saturated heterocycles. The van der Waals surface area contributed by atoms with Gasteiger partial charge in [-0.2, -0.15) is 0 Å². The zero-order valence-electron chi connectivity index (χ0n) is 7.69. The lowest BCUT2D eigenvalue weighted by Gasteiger charge is -2.19. The Morgan fingerprint density at radius 2 is 1.91 bits per heavy atom. The molecule has 0 saturated carbocycles. The molecule has 0 aliphatic rings. The number of halogens is 1. The molecule has 0 rings (SSSR count). The summed E-state index contributed by atoms with van der Waals surface area (Å²) in [7, 11) is 0. The van der Waals surface area contributed by atoms with Gasteiger partial charge in [-0.15, -0.1) is 0 Å². The highest BCUT2D eigenvalue weighted by Crippen LogP contribution is 2.13. The second-order valence-electron chi connectivity index (χ2n) is 3.49. The second-order valence-corrected chi connectivity index (χ2v) is 3.98. The molecule has 0 aliphatic carbocycles. The maximum absolute atomic E-state index is 5.74. The molecule has 0 amide bonds. The fourth-order valence-electron chi connectivity index (χ4n) is 0.472. The van der Waals surface area contributed by atoms with Crippen LogP contribution in [0, 0.1) is 0 Å². The number of hydrogen-bond donors (Lipinski definition) is 0. The minimum absolute atomic E-state index is 0.277. The van der Waals surface area contributed by atoms with Gasteiger partial charge in [0, 0.05) is 0 Å². The third kappa shape index (κ3) is 8.11. The summed E-state index contributed by atoms with van der Waals surface area (Å²) < 4.78 is 0. The Morgan fingerprint density at radius 3 is 2.27 bits per heavy atom. The number of alkyl halides is 1. The van der Waals surface area contributed by atoms with Gasteiger partial charge in [0.25, 0.3) is 0 Å². The molecule has 0 aromatic rings. The zero-order valence-corrected chi connectivity index (χ0v) is 8.44. The Balaban J connectivity index is 3.38. The van der Waals surface area contributed by atoms with Gasteiger partial charge in [0.1, 0.15) is 0 Å². The second kappa shape index (κ2) is 4.96. The van der Waals surface area contributed by atoms with Crippen molar-refractivity contribution in [3.63, 3.8) is 0 Å². The molecule has 1 atom stereocenters. The van der Waals surface area contributed by atoms with E-state index in [1.807, 2.05) is 20.8 Å². The lowest BCUT2D eigenvalue weighted by Crippen LogP contribution is -2.21. The number of hydrogen-bond acceptors (Lipinski definition) is 2. The first kappa shape index (κ1) is 11.2. The van der Waals surface area contributed by atoms with Crippen molar-refractivity contribution >= 4 is 11.6 Å². The van der Waals surface area contributed by atoms with E-state index in [0.717, 1.165) is 12.8 Å². The summed E-state index contributed by atoms with van der Waals surface area (Å²) in [6.07, 6.45) is 1.82. The summed E-state index contributed by atoms with van der Waals surface area (Å²) in [5.74, 6) is 0. The SMILES string of the molecule is CCC[C@@H](Cl)OOC(C)(C)C. The predicted octanol–water partition coefficient (Wildman–Crippen LogP) is 3.10. The molecule has 0 aromatic heterocycles. The summed E-state index contributed by atoms with van der Waals surface area (Å²) >= 11 is 5.74. The topological polar surface area (TPSA) is 18.5 Å². The van der Waals surface area contributed by atoms with Crippen LogP contribution in [0.25, 0.3) is 0 Å². The van der Waals surface area contributed by atoms with E-state index in [0.29, 0.717) is 0 Å². The molecule has 0 unspecified atom stereocenters. The van der Waals surface area contributed by atoms with Gasteiger partial charge >= 0.3 is 0 Å². The molecule has 0 bridgehead atoms. The van der Waals surface area contributed by atoms with E-state index in [-0.39, 0.29) is 11.2 Å². The van der Waals surface area contributed by atoms with Gasteiger partial charge < -0.3 is 0 Å². The third-order valence-electron chi connectivity index (χ3n) is 0.918. The van der Waals surface area contributed by atoms with Crippen LogP contribution in [0.15, 0.2) is 0 Å². The van der Waals surface area contributed by atoms with Crippen LogP contribution in [0.5, 0.6) is 0 Å². The van der Waals surface area contributed by atoms with Gasteiger partial charge in [0.2, 0.25) is 0 Å². The van der Waals surface area contributed by atoms with Gasteiger partial charge in [0.05, 0.1) is 5.60 Å². The molecule has 0 aliphatic heterocycles. The maximum Gasteiger partial charge on any atom is 0.166 e. The van der Waals surface area contributed by atoms with Gasteiger partial charge in [0.15, 0.2) is 5.56 Å². The van der Waals surface area contributed by atoms with Crippen molar-refractivity contribution in [3.05, 3.63) is 0 Å². The Bertz CT molecular complexity index is 98.8. The first-order chi connectivity index (χ1) is 4.95. The van der Waals surface area contributed by atoms with Crippen LogP contribution in [0.3, 0.4) is 0 Å². The van der Waals surface area contributed by atoms with Gasteiger partial charge in [-0.25, -0.2) is 9.78 Å². The molecular formula is C8H17ClO2. The summed E-state index contributed by atoms with van der Waals surface area (Å²) in [5.41, 5.74) is -0.597. The summed E-state index contributed by atoms with van der Waals surface area (Å²) in [6, 6.07) is 0. The molecule has 0 radical (unpaired) electrons. The Kier molecular flexibility index (Phi) is 5.06. The maximum atomic E-state index is 5.74. The standard InChI is InChI=1S/C8H17ClO2/c1-5-6-7(9)10-11-8(2,3)4/h7H,5-6H2,1-4H3/t7-/m0/s1. The van der Waals surface area contributed by atoms with Crippen molar-refractivity contribution in [2.24, 2.45) is 0 Å². The first-order valence-corrected chi connectivity index (χ1v) is 4.38. The third-order valence-corrected chi connectivity index (χ3v) is 1.21. The summed E-state index contributed by atoms with van der Waals surface area (Å²) in [6.45, 7) is 7.81. The van der Waals surface area contributed by atoms with Crippen molar-refractivity contribution < 1.29 is 9.78 Å². The van der Waals surface area contributed by atoms with Gasteiger partial charge in [-0.1, -0.05) is 24.9 Å². The number of rotatable bonds is 4. The van der Waals surface area contributed by atoms with E-state index in [4.69, 9.17) is 21.4 Å². The highest BCUT2D eigenvalue weighted by molar-refractivity contribution is 6.19. The van der Waals surface area contributed by atoms with Gasteiger partial charge in [-0.05, 0) is 27.2 Å². The smallest absolute Gasteiger partial charge is 0.166 e. The average molecular weight is 181 g/mol. The van der Waals surface area contributed by atoms with Crippen LogP contribution in [0.1, 0.15) is 40.5 Å². The minimum atomic E-state index is -0.320. The largest absolute Gasteiger partial charge is 0.229 e. The summed E-state index contributed by atoms with van der Waals surface area (Å²) in [5, 5.41) is 0. The Hall–Kier alpha value is 0.210. The van der Waals surface area contributed by atoms with E-state index in [1.54, 1.807) is 0 Å². The zero-order chi connectivity index (χ0) is 8.91. The molecule has 11 heavy (non-hydrogen) atoms. The molecular weight excluding hydrogens is 164 g/mol. The van der Waals surface area contributed by atoms with E-state index < -0.39 is 0 Å². The average Bonchev–Trinajstić information content (AvgIpc) is 1.83. The predicted molar refractivity (Wildman–Crippen MR) is 46.5 cm³/mol. The van der Waals surface area contributed by atoms with Gasteiger partial charge in [-0.3, -0.25) is 0 Å². The monoisotopic (exact) mass is 180 g/mol. The van der Waals surface area contributed by atoms with Crippen molar-refractivity contribution in [3.8, 4) is 0 Å². The molecule has 3 heteroatoms. The van der Waals surface area contributed by atoms with E-state index in [9.17, 15) is 0 Å². The molecule has 0 heterocycles. The summed E-state index contributed by atoms with van der Waals surface area (Å²) in [4.78, 5) is 9.92. The van der Waals surface area contributed by atoms with Crippen LogP contribution in [0.2, 0.25) is 0 Å². The molecule has 0 fully saturated rings. The van der Waals surface area contributed by atoms with Crippen LogP contribution >= 0.6 is 11.6 Å². The van der Waals surface area contributed by atoms with E-state index in [2.05, 4.69) is 6.92 Å². The van der Waals surface area contributed by atoms with Crippen LogP contribution in [-0.2, 0) is 9.78 Å². The van der Waals surface area contributed by atoms with Crippen molar-refractivity contribution in [2.75, 3.05) is 0 Å². The molecule has 68 valence electrons. The lowest BCUT2D eigenvalue weighted by atomic mass is 10.2. The Labute approximate surface area is 73.8 Å². The lowest BCUT2D eigenvalue weighted by molar-refractivity contribution is -0.358.